The van der Waals surface area contributed by atoms with E-state index in [0.29, 0.717) is 19.4 Å². The van der Waals surface area contributed by atoms with Crippen LogP contribution in [0.3, 0.4) is 0 Å². The molecule has 0 aliphatic carbocycles. The summed E-state index contributed by atoms with van der Waals surface area (Å²) in [6.45, 7) is 4.48. The van der Waals surface area contributed by atoms with Crippen LogP contribution in [-0.4, -0.2) is 27.4 Å². The van der Waals surface area contributed by atoms with Gasteiger partial charge < -0.3 is 10.4 Å². The number of carbonyl (C=O) groups is 1. The first kappa shape index (κ1) is 12.7. The second kappa shape index (κ2) is 5.65. The lowest BCUT2D eigenvalue weighted by Gasteiger charge is -2.05. The summed E-state index contributed by atoms with van der Waals surface area (Å²) >= 11 is 0. The second-order valence-electron chi connectivity index (χ2n) is 3.88. The Morgan fingerprint density at radius 3 is 2.69 bits per heavy atom. The molecule has 0 saturated heterocycles. The molecule has 0 fully saturated rings. The molecule has 2 N–H and O–H groups in total. The number of nitrogens with zero attached hydrogens (tertiary/aromatic N) is 2. The summed E-state index contributed by atoms with van der Waals surface area (Å²) in [6, 6.07) is 0. The van der Waals surface area contributed by atoms with E-state index in [1.807, 2.05) is 25.6 Å². The number of carbonyl (C=O) groups excluding carboxylic acids is 1. The van der Waals surface area contributed by atoms with Crippen LogP contribution in [0.15, 0.2) is 0 Å². The number of aromatic nitrogens is 2. The maximum absolute atomic E-state index is 11.4. The van der Waals surface area contributed by atoms with E-state index in [0.717, 1.165) is 17.0 Å². The van der Waals surface area contributed by atoms with Crippen molar-refractivity contribution in [1.29, 1.82) is 0 Å². The van der Waals surface area contributed by atoms with Crippen LogP contribution in [0.1, 0.15) is 29.8 Å². The number of aliphatic hydroxyl groups excluding tert-OH is 1. The molecule has 90 valence electrons. The van der Waals surface area contributed by atoms with Crippen LogP contribution in [0.5, 0.6) is 0 Å². The van der Waals surface area contributed by atoms with Crippen LogP contribution in [0.25, 0.3) is 0 Å². The number of hydrogen-bond donors (Lipinski definition) is 2. The second-order valence-corrected chi connectivity index (χ2v) is 3.88. The summed E-state index contributed by atoms with van der Waals surface area (Å²) in [5.74, 6) is -0.0308. The molecule has 0 bridgehead atoms. The molecule has 0 aliphatic heterocycles. The highest BCUT2D eigenvalue weighted by Gasteiger charge is 2.10. The fourth-order valence-electron chi connectivity index (χ4n) is 1.59. The van der Waals surface area contributed by atoms with Gasteiger partial charge in [0.15, 0.2) is 0 Å². The number of nitrogens with one attached hydrogen (secondary N) is 1. The van der Waals surface area contributed by atoms with Crippen molar-refractivity contribution in [3.8, 4) is 0 Å². The van der Waals surface area contributed by atoms with Crippen molar-refractivity contribution >= 4 is 5.91 Å². The van der Waals surface area contributed by atoms with Gasteiger partial charge in [0.1, 0.15) is 0 Å². The lowest BCUT2D eigenvalue weighted by molar-refractivity contribution is -0.121. The van der Waals surface area contributed by atoms with Crippen molar-refractivity contribution in [1.82, 2.24) is 15.1 Å². The third kappa shape index (κ3) is 3.06. The van der Waals surface area contributed by atoms with E-state index in [1.165, 1.54) is 0 Å². The van der Waals surface area contributed by atoms with E-state index in [4.69, 9.17) is 5.11 Å². The van der Waals surface area contributed by atoms with Crippen LogP contribution in [-0.2, 0) is 18.4 Å². The summed E-state index contributed by atoms with van der Waals surface area (Å²) in [4.78, 5) is 11.4. The molecule has 0 aliphatic rings. The normalized spacial score (nSPS) is 10.5. The van der Waals surface area contributed by atoms with Crippen molar-refractivity contribution in [2.24, 2.45) is 7.05 Å². The number of aryl methyl sites for hydroxylation is 2. The van der Waals surface area contributed by atoms with Crippen molar-refractivity contribution in [2.45, 2.75) is 33.2 Å². The minimum Gasteiger partial charge on any atom is -0.396 e. The Morgan fingerprint density at radius 2 is 2.19 bits per heavy atom. The number of aliphatic hydroxyl groups is 1. The SMILES string of the molecule is Cc1nn(C)c(C)c1CNC(=O)CCCO. The van der Waals surface area contributed by atoms with Gasteiger partial charge in [-0.3, -0.25) is 9.48 Å². The van der Waals surface area contributed by atoms with E-state index in [9.17, 15) is 4.79 Å². The molecule has 1 aromatic heterocycles. The van der Waals surface area contributed by atoms with Gasteiger partial charge in [0.25, 0.3) is 0 Å². The van der Waals surface area contributed by atoms with Crippen molar-refractivity contribution < 1.29 is 9.90 Å². The third-order valence-electron chi connectivity index (χ3n) is 2.68. The summed E-state index contributed by atoms with van der Waals surface area (Å²) in [6.07, 6.45) is 0.881. The highest BCUT2D eigenvalue weighted by Crippen LogP contribution is 2.11. The Balaban J connectivity index is 2.51. The van der Waals surface area contributed by atoms with Gasteiger partial charge in [-0.1, -0.05) is 0 Å². The molecule has 0 radical (unpaired) electrons. The number of amides is 1. The van der Waals surface area contributed by atoms with Crippen LogP contribution < -0.4 is 5.32 Å². The maximum Gasteiger partial charge on any atom is 0.220 e. The van der Waals surface area contributed by atoms with Crippen LogP contribution in [0.4, 0.5) is 0 Å². The van der Waals surface area contributed by atoms with E-state index in [2.05, 4.69) is 10.4 Å². The smallest absolute Gasteiger partial charge is 0.220 e. The predicted molar refractivity (Wildman–Crippen MR) is 60.8 cm³/mol. The quantitative estimate of drug-likeness (QED) is 0.763. The van der Waals surface area contributed by atoms with Crippen LogP contribution in [0.2, 0.25) is 0 Å². The monoisotopic (exact) mass is 225 g/mol. The molecule has 0 spiro atoms. The van der Waals surface area contributed by atoms with E-state index in [-0.39, 0.29) is 12.5 Å². The molecule has 5 heteroatoms. The van der Waals surface area contributed by atoms with Gasteiger partial charge >= 0.3 is 0 Å². The van der Waals surface area contributed by atoms with Crippen molar-refractivity contribution in [2.75, 3.05) is 6.61 Å². The van der Waals surface area contributed by atoms with Gasteiger partial charge in [-0.05, 0) is 20.3 Å². The van der Waals surface area contributed by atoms with Crippen LogP contribution >= 0.6 is 0 Å². The zero-order valence-electron chi connectivity index (χ0n) is 10.1. The van der Waals surface area contributed by atoms with Crippen molar-refractivity contribution in [3.63, 3.8) is 0 Å². The molecular formula is C11H19N3O2. The molecular weight excluding hydrogens is 206 g/mol. The maximum atomic E-state index is 11.4. The number of hydrogen-bond acceptors (Lipinski definition) is 3. The van der Waals surface area contributed by atoms with E-state index >= 15 is 0 Å². The highest BCUT2D eigenvalue weighted by molar-refractivity contribution is 5.75. The number of rotatable bonds is 5. The Morgan fingerprint density at radius 1 is 1.50 bits per heavy atom. The van der Waals surface area contributed by atoms with Gasteiger partial charge in [0.2, 0.25) is 5.91 Å². The third-order valence-corrected chi connectivity index (χ3v) is 2.68. The fraction of sp³-hybridized carbons (Fsp3) is 0.636. The molecule has 0 atom stereocenters. The Kier molecular flexibility index (Phi) is 4.49. The van der Waals surface area contributed by atoms with Gasteiger partial charge in [-0.2, -0.15) is 5.10 Å². The lowest BCUT2D eigenvalue weighted by Crippen LogP contribution is -2.23. The van der Waals surface area contributed by atoms with Gasteiger partial charge in [-0.15, -0.1) is 0 Å². The first-order valence-electron chi connectivity index (χ1n) is 5.43. The minimum atomic E-state index is -0.0308. The molecule has 1 aromatic rings. The lowest BCUT2D eigenvalue weighted by atomic mass is 10.2. The largest absolute Gasteiger partial charge is 0.396 e. The molecule has 1 rings (SSSR count). The van der Waals surface area contributed by atoms with Gasteiger partial charge in [-0.25, -0.2) is 0 Å². The average molecular weight is 225 g/mol. The molecule has 1 heterocycles. The molecule has 0 aromatic carbocycles. The van der Waals surface area contributed by atoms with Gasteiger partial charge in [0.05, 0.1) is 5.69 Å². The Bertz CT molecular complexity index is 372. The zero-order chi connectivity index (χ0) is 12.1. The van der Waals surface area contributed by atoms with Gasteiger partial charge in [0, 0.05) is 37.9 Å². The fourth-order valence-corrected chi connectivity index (χ4v) is 1.59. The summed E-state index contributed by atoms with van der Waals surface area (Å²) in [7, 11) is 1.89. The molecule has 1 amide bonds. The average Bonchev–Trinajstić information content (AvgIpc) is 2.48. The molecule has 0 saturated carbocycles. The molecule has 0 unspecified atom stereocenters. The summed E-state index contributed by atoms with van der Waals surface area (Å²) in [5.41, 5.74) is 3.09. The summed E-state index contributed by atoms with van der Waals surface area (Å²) in [5, 5.41) is 15.7. The Hall–Kier alpha value is -1.36. The van der Waals surface area contributed by atoms with Crippen LogP contribution in [0, 0.1) is 13.8 Å². The standard InChI is InChI=1S/C11H19N3O2/c1-8-10(9(2)14(3)13-8)7-12-11(16)5-4-6-15/h15H,4-7H2,1-3H3,(H,12,16). The first-order chi connectivity index (χ1) is 7.56. The molecule has 16 heavy (non-hydrogen) atoms. The van der Waals surface area contributed by atoms with E-state index < -0.39 is 0 Å². The summed E-state index contributed by atoms with van der Waals surface area (Å²) < 4.78 is 1.81. The zero-order valence-corrected chi connectivity index (χ0v) is 10.1. The Labute approximate surface area is 95.5 Å². The van der Waals surface area contributed by atoms with Crippen molar-refractivity contribution in [3.05, 3.63) is 17.0 Å². The van der Waals surface area contributed by atoms with E-state index in [1.54, 1.807) is 0 Å². The first-order valence-corrected chi connectivity index (χ1v) is 5.43. The topological polar surface area (TPSA) is 67.2 Å². The predicted octanol–water partition coefficient (Wildman–Crippen LogP) is 0.426. The molecule has 5 nitrogen and oxygen atoms in total. The minimum absolute atomic E-state index is 0.0308. The highest BCUT2D eigenvalue weighted by atomic mass is 16.3.